The Bertz CT molecular complexity index is 340. The number of phenolic OH excluding ortho intramolecular Hbond substituents is 1. The summed E-state index contributed by atoms with van der Waals surface area (Å²) >= 11 is 0. The molecule has 0 saturated carbocycles. The largest absolute Gasteiger partial charge is 0.508 e. The van der Waals surface area contributed by atoms with E-state index in [4.69, 9.17) is 0 Å². The summed E-state index contributed by atoms with van der Waals surface area (Å²) in [4.78, 5) is 0. The smallest absolute Gasteiger partial charge is 0.119 e. The molecular weight excluding hydrogens is 188 g/mol. The van der Waals surface area contributed by atoms with Crippen LogP contribution in [-0.2, 0) is 5.41 Å². The number of aliphatic hydroxyl groups excluding tert-OH is 1. The third-order valence-electron chi connectivity index (χ3n) is 2.81. The lowest BCUT2D eigenvalue weighted by Gasteiger charge is -2.24. The summed E-state index contributed by atoms with van der Waals surface area (Å²) in [6.45, 7) is 8.03. The Labute approximate surface area is 91.6 Å². The van der Waals surface area contributed by atoms with Crippen molar-refractivity contribution >= 4 is 0 Å². The van der Waals surface area contributed by atoms with Gasteiger partial charge in [0, 0.05) is 11.0 Å². The molecule has 0 spiro atoms. The van der Waals surface area contributed by atoms with Crippen LogP contribution in [-0.4, -0.2) is 16.8 Å². The molecule has 0 aliphatic rings. The van der Waals surface area contributed by atoms with Gasteiger partial charge in [-0.3, -0.25) is 0 Å². The van der Waals surface area contributed by atoms with E-state index in [2.05, 4.69) is 13.8 Å². The van der Waals surface area contributed by atoms with Gasteiger partial charge in [0.15, 0.2) is 0 Å². The number of aliphatic hydroxyl groups is 1. The molecule has 2 N–H and O–H groups in total. The zero-order valence-electron chi connectivity index (χ0n) is 9.91. The minimum absolute atomic E-state index is 0.0294. The first-order valence-corrected chi connectivity index (χ1v) is 5.32. The predicted octanol–water partition coefficient (Wildman–Crippen LogP) is 2.79. The van der Waals surface area contributed by atoms with E-state index >= 15 is 0 Å². The first kappa shape index (κ1) is 12.1. The maximum absolute atomic E-state index is 9.90. The molecule has 0 bridgehead atoms. The molecule has 0 radical (unpaired) electrons. The molecule has 0 aliphatic carbocycles. The summed E-state index contributed by atoms with van der Waals surface area (Å²) in [7, 11) is 0. The van der Waals surface area contributed by atoms with Gasteiger partial charge < -0.3 is 10.2 Å². The van der Waals surface area contributed by atoms with Crippen LogP contribution in [0.3, 0.4) is 0 Å². The van der Waals surface area contributed by atoms with Crippen molar-refractivity contribution in [1.82, 2.24) is 0 Å². The molecule has 2 nitrogen and oxygen atoms in total. The summed E-state index contributed by atoms with van der Waals surface area (Å²) in [6.07, 6.45) is 0. The van der Waals surface area contributed by atoms with Crippen molar-refractivity contribution in [2.45, 2.75) is 39.0 Å². The van der Waals surface area contributed by atoms with Crippen LogP contribution < -0.4 is 0 Å². The van der Waals surface area contributed by atoms with Crippen LogP contribution >= 0.6 is 0 Å². The Morgan fingerprint density at radius 2 is 1.87 bits per heavy atom. The number of benzene rings is 1. The highest BCUT2D eigenvalue weighted by atomic mass is 16.3. The topological polar surface area (TPSA) is 40.5 Å². The molecule has 1 aromatic rings. The van der Waals surface area contributed by atoms with E-state index in [1.807, 2.05) is 26.0 Å². The van der Waals surface area contributed by atoms with Gasteiger partial charge in [0.05, 0.1) is 6.61 Å². The third-order valence-corrected chi connectivity index (χ3v) is 2.81. The summed E-state index contributed by atoms with van der Waals surface area (Å²) in [6, 6.07) is 5.70. The van der Waals surface area contributed by atoms with E-state index in [1.54, 1.807) is 6.07 Å². The average molecular weight is 208 g/mol. The molecule has 0 unspecified atom stereocenters. The minimum Gasteiger partial charge on any atom is -0.508 e. The summed E-state index contributed by atoms with van der Waals surface area (Å²) in [5.41, 5.74) is 1.53. The fraction of sp³-hybridized carbons (Fsp3) is 0.538. The van der Waals surface area contributed by atoms with Gasteiger partial charge in [0.2, 0.25) is 0 Å². The van der Waals surface area contributed by atoms with Gasteiger partial charge in [-0.05, 0) is 17.5 Å². The SMILES string of the molecule is CC(C)c1ccc(C(C)(C)CO)c(O)c1. The first-order chi connectivity index (χ1) is 6.88. The number of hydrogen-bond donors (Lipinski definition) is 2. The number of phenols is 1. The second kappa shape index (κ2) is 4.23. The van der Waals surface area contributed by atoms with Crippen molar-refractivity contribution in [2.24, 2.45) is 0 Å². The minimum atomic E-state index is -0.389. The zero-order valence-corrected chi connectivity index (χ0v) is 9.91. The van der Waals surface area contributed by atoms with Gasteiger partial charge in [0.1, 0.15) is 5.75 Å². The molecule has 2 heteroatoms. The Balaban J connectivity index is 3.14. The van der Waals surface area contributed by atoms with Crippen LogP contribution in [0, 0.1) is 0 Å². The molecule has 0 atom stereocenters. The molecule has 0 aromatic heterocycles. The zero-order chi connectivity index (χ0) is 11.6. The van der Waals surface area contributed by atoms with Crippen molar-refractivity contribution in [2.75, 3.05) is 6.61 Å². The molecule has 0 fully saturated rings. The molecule has 0 amide bonds. The maximum Gasteiger partial charge on any atom is 0.119 e. The second-order valence-electron chi connectivity index (χ2n) is 4.97. The van der Waals surface area contributed by atoms with Crippen LogP contribution in [0.15, 0.2) is 18.2 Å². The highest BCUT2D eigenvalue weighted by molar-refractivity contribution is 5.41. The fourth-order valence-electron chi connectivity index (χ4n) is 1.57. The van der Waals surface area contributed by atoms with Crippen LogP contribution in [0.1, 0.15) is 44.7 Å². The normalized spacial score (nSPS) is 12.1. The van der Waals surface area contributed by atoms with Crippen molar-refractivity contribution < 1.29 is 10.2 Å². The second-order valence-corrected chi connectivity index (χ2v) is 4.97. The molecule has 0 saturated heterocycles. The quantitative estimate of drug-likeness (QED) is 0.802. The van der Waals surface area contributed by atoms with Gasteiger partial charge in [0.25, 0.3) is 0 Å². The summed E-state index contributed by atoms with van der Waals surface area (Å²) in [5, 5.41) is 19.1. The first-order valence-electron chi connectivity index (χ1n) is 5.32. The fourth-order valence-corrected chi connectivity index (χ4v) is 1.57. The Morgan fingerprint density at radius 1 is 1.27 bits per heavy atom. The van der Waals surface area contributed by atoms with Crippen LogP contribution in [0.2, 0.25) is 0 Å². The van der Waals surface area contributed by atoms with Crippen molar-refractivity contribution in [3.63, 3.8) is 0 Å². The lowest BCUT2D eigenvalue weighted by molar-refractivity contribution is 0.215. The lowest BCUT2D eigenvalue weighted by atomic mass is 9.84. The van der Waals surface area contributed by atoms with Gasteiger partial charge in [-0.2, -0.15) is 0 Å². The van der Waals surface area contributed by atoms with E-state index in [0.717, 1.165) is 11.1 Å². The molecule has 1 aromatic carbocycles. The van der Waals surface area contributed by atoms with Crippen molar-refractivity contribution in [3.05, 3.63) is 29.3 Å². The molecule has 0 heterocycles. The van der Waals surface area contributed by atoms with Crippen LogP contribution in [0.5, 0.6) is 5.75 Å². The van der Waals surface area contributed by atoms with Gasteiger partial charge in [-0.1, -0.05) is 39.8 Å². The summed E-state index contributed by atoms with van der Waals surface area (Å²) < 4.78 is 0. The van der Waals surface area contributed by atoms with Crippen LogP contribution in [0.25, 0.3) is 0 Å². The van der Waals surface area contributed by atoms with E-state index in [-0.39, 0.29) is 17.8 Å². The van der Waals surface area contributed by atoms with Crippen molar-refractivity contribution in [1.29, 1.82) is 0 Å². The highest BCUT2D eigenvalue weighted by Gasteiger charge is 2.23. The number of hydrogen-bond acceptors (Lipinski definition) is 2. The lowest BCUT2D eigenvalue weighted by Crippen LogP contribution is -2.22. The van der Waals surface area contributed by atoms with E-state index in [0.29, 0.717) is 5.92 Å². The van der Waals surface area contributed by atoms with E-state index in [1.165, 1.54) is 0 Å². The number of rotatable bonds is 3. The van der Waals surface area contributed by atoms with E-state index < -0.39 is 0 Å². The Morgan fingerprint density at radius 3 is 2.27 bits per heavy atom. The molecule has 0 aliphatic heterocycles. The predicted molar refractivity (Wildman–Crippen MR) is 62.3 cm³/mol. The maximum atomic E-state index is 9.90. The monoisotopic (exact) mass is 208 g/mol. The molecule has 1 rings (SSSR count). The van der Waals surface area contributed by atoms with Gasteiger partial charge in [-0.15, -0.1) is 0 Å². The Hall–Kier alpha value is -1.02. The standard InChI is InChI=1S/C13H20O2/c1-9(2)10-5-6-11(12(15)7-10)13(3,4)8-14/h5-7,9,14-15H,8H2,1-4H3. The molecule has 84 valence electrons. The third kappa shape index (κ3) is 2.51. The van der Waals surface area contributed by atoms with Gasteiger partial charge >= 0.3 is 0 Å². The molecular formula is C13H20O2. The average Bonchev–Trinajstić information content (AvgIpc) is 2.17. The highest BCUT2D eigenvalue weighted by Crippen LogP contribution is 2.32. The van der Waals surface area contributed by atoms with Gasteiger partial charge in [-0.25, -0.2) is 0 Å². The van der Waals surface area contributed by atoms with E-state index in [9.17, 15) is 10.2 Å². The van der Waals surface area contributed by atoms with Crippen LogP contribution in [0.4, 0.5) is 0 Å². The summed E-state index contributed by atoms with van der Waals surface area (Å²) in [5.74, 6) is 0.683. The Kier molecular flexibility index (Phi) is 3.40. The molecule has 15 heavy (non-hydrogen) atoms. The number of aromatic hydroxyl groups is 1. The van der Waals surface area contributed by atoms with Crippen molar-refractivity contribution in [3.8, 4) is 5.75 Å².